The number of ether oxygens (including phenoxy) is 2. The minimum absolute atomic E-state index is 0.283. The Balaban J connectivity index is 2.24. The van der Waals surface area contributed by atoms with E-state index in [9.17, 15) is 24.1 Å². The van der Waals surface area contributed by atoms with Crippen LogP contribution in [-0.4, -0.2) is 97.1 Å². The predicted octanol–water partition coefficient (Wildman–Crippen LogP) is -0.575. The molecule has 2 heterocycles. The second-order valence-electron chi connectivity index (χ2n) is 9.12. The molecular formula is C20H35N4O7P. The number of likely N-dealkylation sites (N-methyl/N-ethyl adjacent to an activating group) is 1. The maximum Gasteiger partial charge on any atom is 0.330 e. The fourth-order valence-electron chi connectivity index (χ4n) is 3.76. The molecule has 1 saturated heterocycles. The van der Waals surface area contributed by atoms with Crippen molar-refractivity contribution in [2.45, 2.75) is 38.4 Å². The molecule has 0 radical (unpaired) electrons. The lowest BCUT2D eigenvalue weighted by Crippen LogP contribution is -2.42. The smallest absolute Gasteiger partial charge is 0.330 e. The van der Waals surface area contributed by atoms with Crippen LogP contribution in [0.4, 0.5) is 0 Å². The molecule has 2 rings (SSSR count). The topological polar surface area (TPSA) is 143 Å². The number of carbonyl (C=O) groups is 1. The van der Waals surface area contributed by atoms with E-state index in [1.54, 1.807) is 20.3 Å². The van der Waals surface area contributed by atoms with Gasteiger partial charge in [-0.2, -0.15) is 0 Å². The van der Waals surface area contributed by atoms with Crippen LogP contribution < -0.4 is 16.6 Å². The van der Waals surface area contributed by atoms with E-state index in [1.165, 1.54) is 6.20 Å². The fourth-order valence-corrected chi connectivity index (χ4v) is 5.36. The molecule has 1 aromatic rings. The molecule has 0 aromatic carbocycles. The van der Waals surface area contributed by atoms with Gasteiger partial charge in [0.25, 0.3) is 5.56 Å². The summed E-state index contributed by atoms with van der Waals surface area (Å²) in [6.45, 7) is 7.41. The lowest BCUT2D eigenvalue weighted by molar-refractivity contribution is -0.133. The highest BCUT2D eigenvalue weighted by Crippen LogP contribution is 2.43. The zero-order chi connectivity index (χ0) is 24.2. The Morgan fingerprint density at radius 3 is 2.66 bits per heavy atom. The summed E-state index contributed by atoms with van der Waals surface area (Å²) in [5, 5.41) is 13.7. The standard InChI is InChI=1S/C20H35N4O7P/c1-12-9-24(20(28)22-18(12)27)19-17(30-10-14(25)21-7-8-23(3)4)15(26)16(31-19)13(2)11-32(5,6)29/h9,13,15-17,19,26H,7-8,10-11H2,1-6H3,(H,21,25)(H,22,27,28)/t13-,15-,16-,17-,19-/m1/s1. The Bertz CT molecular complexity index is 954. The van der Waals surface area contributed by atoms with Gasteiger partial charge in [0, 0.05) is 31.0 Å². The first kappa shape index (κ1) is 26.5. The summed E-state index contributed by atoms with van der Waals surface area (Å²) in [6.07, 6.45) is -2.38. The molecule has 3 N–H and O–H groups in total. The van der Waals surface area contributed by atoms with Crippen LogP contribution in [0.25, 0.3) is 0 Å². The number of nitrogens with zero attached hydrogens (tertiary/aromatic N) is 2. The van der Waals surface area contributed by atoms with E-state index in [2.05, 4.69) is 10.3 Å². The van der Waals surface area contributed by atoms with Gasteiger partial charge in [-0.3, -0.25) is 19.1 Å². The van der Waals surface area contributed by atoms with Crippen LogP contribution in [0, 0.1) is 12.8 Å². The number of aromatic amines is 1. The third kappa shape index (κ3) is 7.11. The van der Waals surface area contributed by atoms with Gasteiger partial charge in [0.15, 0.2) is 6.23 Å². The Morgan fingerprint density at radius 2 is 2.06 bits per heavy atom. The lowest BCUT2D eigenvalue weighted by Gasteiger charge is -2.24. The third-order valence-electron chi connectivity index (χ3n) is 5.25. The van der Waals surface area contributed by atoms with Gasteiger partial charge in [-0.1, -0.05) is 6.92 Å². The van der Waals surface area contributed by atoms with Crippen molar-refractivity contribution in [3.05, 3.63) is 32.6 Å². The van der Waals surface area contributed by atoms with Crippen molar-refractivity contribution in [2.75, 3.05) is 53.3 Å². The molecule has 0 spiro atoms. The van der Waals surface area contributed by atoms with E-state index in [1.807, 2.05) is 25.9 Å². The molecule has 0 unspecified atom stereocenters. The summed E-state index contributed by atoms with van der Waals surface area (Å²) < 4.78 is 25.2. The summed E-state index contributed by atoms with van der Waals surface area (Å²) in [5.74, 6) is -0.665. The molecule has 0 saturated carbocycles. The Kier molecular flexibility index (Phi) is 9.01. The highest BCUT2D eigenvalue weighted by atomic mass is 31.2. The first-order chi connectivity index (χ1) is 14.8. The first-order valence-electron chi connectivity index (χ1n) is 10.5. The van der Waals surface area contributed by atoms with Crippen molar-refractivity contribution in [1.29, 1.82) is 0 Å². The van der Waals surface area contributed by atoms with Crippen LogP contribution in [0.5, 0.6) is 0 Å². The molecule has 32 heavy (non-hydrogen) atoms. The SMILES string of the molecule is Cc1cn([C@@H]2O[C@H]([C@H](C)CP(C)(C)=O)[C@@H](O)[C@H]2OCC(=O)NCCN(C)C)c(=O)[nH]c1=O. The monoisotopic (exact) mass is 474 g/mol. The Labute approximate surface area is 187 Å². The highest BCUT2D eigenvalue weighted by molar-refractivity contribution is 7.62. The summed E-state index contributed by atoms with van der Waals surface area (Å²) >= 11 is 0. The number of hydrogen-bond donors (Lipinski definition) is 3. The van der Waals surface area contributed by atoms with Gasteiger partial charge < -0.3 is 29.4 Å². The molecule has 5 atom stereocenters. The number of carbonyl (C=O) groups excluding carboxylic acids is 1. The van der Waals surface area contributed by atoms with Gasteiger partial charge >= 0.3 is 5.69 Å². The van der Waals surface area contributed by atoms with Gasteiger partial charge in [-0.25, -0.2) is 4.79 Å². The molecule has 0 bridgehead atoms. The van der Waals surface area contributed by atoms with E-state index in [4.69, 9.17) is 9.47 Å². The lowest BCUT2D eigenvalue weighted by atomic mass is 10.00. The van der Waals surface area contributed by atoms with Gasteiger partial charge in [0.2, 0.25) is 5.91 Å². The normalized spacial score (nSPS) is 24.6. The predicted molar refractivity (Wildman–Crippen MR) is 121 cm³/mol. The number of aliphatic hydroxyl groups is 1. The number of H-pyrrole nitrogens is 1. The molecule has 1 aliphatic heterocycles. The molecule has 0 aliphatic carbocycles. The molecule has 1 aromatic heterocycles. The average Bonchev–Trinajstić information content (AvgIpc) is 2.97. The molecule has 1 fully saturated rings. The minimum atomic E-state index is -2.40. The van der Waals surface area contributed by atoms with E-state index in [0.29, 0.717) is 19.3 Å². The fraction of sp³-hybridized carbons (Fsp3) is 0.750. The molecular weight excluding hydrogens is 439 g/mol. The van der Waals surface area contributed by atoms with Crippen molar-refractivity contribution in [3.63, 3.8) is 0 Å². The number of hydrogen-bond acceptors (Lipinski definition) is 8. The number of aromatic nitrogens is 2. The number of aliphatic hydroxyl groups excluding tert-OH is 1. The van der Waals surface area contributed by atoms with Crippen molar-refractivity contribution in [2.24, 2.45) is 5.92 Å². The van der Waals surface area contributed by atoms with E-state index in [-0.39, 0.29) is 24.0 Å². The van der Waals surface area contributed by atoms with Crippen molar-refractivity contribution in [3.8, 4) is 0 Å². The summed E-state index contributed by atoms with van der Waals surface area (Å²) in [5.41, 5.74) is -0.955. The van der Waals surface area contributed by atoms with E-state index < -0.39 is 42.9 Å². The van der Waals surface area contributed by atoms with E-state index >= 15 is 0 Å². The summed E-state index contributed by atoms with van der Waals surface area (Å²) in [7, 11) is 1.37. The molecule has 1 aliphatic rings. The van der Waals surface area contributed by atoms with Gasteiger partial charge in [-0.15, -0.1) is 0 Å². The average molecular weight is 474 g/mol. The van der Waals surface area contributed by atoms with Gasteiger partial charge in [-0.05, 0) is 40.3 Å². The van der Waals surface area contributed by atoms with Crippen LogP contribution in [0.3, 0.4) is 0 Å². The number of nitrogens with one attached hydrogen (secondary N) is 2. The van der Waals surface area contributed by atoms with Gasteiger partial charge in [0.05, 0.1) is 13.2 Å². The van der Waals surface area contributed by atoms with Crippen LogP contribution in [0.1, 0.15) is 18.7 Å². The van der Waals surface area contributed by atoms with Crippen LogP contribution in [-0.2, 0) is 18.8 Å². The van der Waals surface area contributed by atoms with Crippen molar-refractivity contribution in [1.82, 2.24) is 19.8 Å². The number of rotatable bonds is 10. The minimum Gasteiger partial charge on any atom is -0.387 e. The first-order valence-corrected chi connectivity index (χ1v) is 13.3. The van der Waals surface area contributed by atoms with E-state index in [0.717, 1.165) is 4.57 Å². The Morgan fingerprint density at radius 1 is 1.41 bits per heavy atom. The Hall–Kier alpha value is -1.78. The number of aryl methyl sites for hydroxylation is 1. The largest absolute Gasteiger partial charge is 0.387 e. The highest BCUT2D eigenvalue weighted by Gasteiger charge is 2.48. The van der Waals surface area contributed by atoms with Crippen molar-refractivity contribution >= 4 is 13.0 Å². The summed E-state index contributed by atoms with van der Waals surface area (Å²) in [4.78, 5) is 40.5. The molecule has 12 heteroatoms. The second kappa shape index (κ2) is 10.9. The van der Waals surface area contributed by atoms with Crippen LogP contribution in [0.2, 0.25) is 0 Å². The van der Waals surface area contributed by atoms with Gasteiger partial charge in [0.1, 0.15) is 18.8 Å². The maximum absolute atomic E-state index is 12.4. The molecule has 11 nitrogen and oxygen atoms in total. The molecule has 182 valence electrons. The third-order valence-corrected chi connectivity index (χ3v) is 6.70. The zero-order valence-corrected chi connectivity index (χ0v) is 20.4. The van der Waals surface area contributed by atoms with Crippen molar-refractivity contribution < 1.29 is 23.9 Å². The number of amides is 1. The molecule has 1 amide bonds. The maximum atomic E-state index is 12.4. The van der Waals surface area contributed by atoms with Crippen LogP contribution in [0.15, 0.2) is 15.8 Å². The van der Waals surface area contributed by atoms with Crippen LogP contribution >= 0.6 is 7.14 Å². The zero-order valence-electron chi connectivity index (χ0n) is 19.5. The quantitative estimate of drug-likeness (QED) is 0.383. The second-order valence-corrected chi connectivity index (χ2v) is 12.6. The summed E-state index contributed by atoms with van der Waals surface area (Å²) in [6, 6.07) is 0.